The monoisotopic (exact) mass is 377 g/mol. The third-order valence-electron chi connectivity index (χ3n) is 2.73. The number of nitrogens with one attached hydrogen (secondary N) is 1. The Morgan fingerprint density at radius 3 is 2.43 bits per heavy atom. The highest BCUT2D eigenvalue weighted by Gasteiger charge is 2.29. The van der Waals surface area contributed by atoms with Crippen molar-refractivity contribution in [3.05, 3.63) is 56.2 Å². The molecule has 0 aliphatic carbocycles. The maximum absolute atomic E-state index is 12.4. The second-order valence-corrected chi connectivity index (χ2v) is 6.29. The second-order valence-electron chi connectivity index (χ2n) is 4.38. The minimum Gasteiger partial charge on any atom is -0.351 e. The molecule has 1 heterocycles. The lowest BCUT2D eigenvalue weighted by Crippen LogP contribution is -2.24. The Morgan fingerprint density at radius 2 is 1.90 bits per heavy atom. The number of alkyl halides is 3. The molecule has 0 unspecified atom stereocenters. The van der Waals surface area contributed by atoms with Gasteiger partial charge in [-0.15, -0.1) is 11.3 Å². The van der Waals surface area contributed by atoms with Crippen LogP contribution in [0.4, 0.5) is 13.2 Å². The standard InChI is InChI=1S/C14H11BrF3NOS/c15-11-6-12(21-8-11)7-19-13(20)5-9-1-3-10(4-2-9)14(16,17)18/h1-4,6,8H,5,7H2,(H,19,20). The van der Waals surface area contributed by atoms with Crippen LogP contribution in [0.15, 0.2) is 40.2 Å². The number of amides is 1. The Morgan fingerprint density at radius 1 is 1.24 bits per heavy atom. The number of rotatable bonds is 4. The van der Waals surface area contributed by atoms with E-state index in [1.54, 1.807) is 0 Å². The van der Waals surface area contributed by atoms with Crippen molar-refractivity contribution in [1.82, 2.24) is 5.32 Å². The Bertz CT molecular complexity index is 622. The van der Waals surface area contributed by atoms with E-state index in [9.17, 15) is 18.0 Å². The summed E-state index contributed by atoms with van der Waals surface area (Å²) in [4.78, 5) is 12.7. The second kappa shape index (κ2) is 6.62. The molecule has 7 heteroatoms. The van der Waals surface area contributed by atoms with Gasteiger partial charge in [-0.3, -0.25) is 4.79 Å². The molecule has 0 aliphatic rings. The fourth-order valence-corrected chi connectivity index (χ4v) is 3.08. The Balaban J connectivity index is 1.88. The smallest absolute Gasteiger partial charge is 0.351 e. The van der Waals surface area contributed by atoms with E-state index in [0.717, 1.165) is 21.5 Å². The van der Waals surface area contributed by atoms with Crippen LogP contribution in [0.5, 0.6) is 0 Å². The van der Waals surface area contributed by atoms with Gasteiger partial charge in [0.25, 0.3) is 0 Å². The van der Waals surface area contributed by atoms with Crippen LogP contribution in [-0.2, 0) is 23.9 Å². The lowest BCUT2D eigenvalue weighted by Gasteiger charge is -2.08. The molecular weight excluding hydrogens is 367 g/mol. The first-order valence-corrected chi connectivity index (χ1v) is 7.67. The van der Waals surface area contributed by atoms with E-state index in [1.165, 1.54) is 23.5 Å². The van der Waals surface area contributed by atoms with Crippen LogP contribution in [0.1, 0.15) is 16.0 Å². The van der Waals surface area contributed by atoms with Gasteiger partial charge in [0.05, 0.1) is 18.5 Å². The average Bonchev–Trinajstić information content (AvgIpc) is 2.82. The first-order valence-electron chi connectivity index (χ1n) is 6.00. The summed E-state index contributed by atoms with van der Waals surface area (Å²) in [6.45, 7) is 0.412. The molecule has 0 saturated carbocycles. The summed E-state index contributed by atoms with van der Waals surface area (Å²) in [7, 11) is 0. The fraction of sp³-hybridized carbons (Fsp3) is 0.214. The zero-order valence-corrected chi connectivity index (χ0v) is 13.1. The number of carbonyl (C=O) groups is 1. The van der Waals surface area contributed by atoms with E-state index < -0.39 is 11.7 Å². The van der Waals surface area contributed by atoms with E-state index in [4.69, 9.17) is 0 Å². The SMILES string of the molecule is O=C(Cc1ccc(C(F)(F)F)cc1)NCc1cc(Br)cs1. The summed E-state index contributed by atoms with van der Waals surface area (Å²) in [5, 5.41) is 4.65. The number of thiophene rings is 1. The first-order chi connectivity index (χ1) is 9.84. The molecule has 21 heavy (non-hydrogen) atoms. The van der Waals surface area contributed by atoms with Crippen molar-refractivity contribution in [3.63, 3.8) is 0 Å². The van der Waals surface area contributed by atoms with Crippen LogP contribution in [0, 0.1) is 0 Å². The van der Waals surface area contributed by atoms with Gasteiger partial charge in [-0.2, -0.15) is 13.2 Å². The molecule has 0 bridgehead atoms. The maximum Gasteiger partial charge on any atom is 0.416 e. The predicted molar refractivity (Wildman–Crippen MR) is 79.0 cm³/mol. The lowest BCUT2D eigenvalue weighted by molar-refractivity contribution is -0.137. The summed E-state index contributed by atoms with van der Waals surface area (Å²) in [6.07, 6.45) is -4.29. The number of hydrogen-bond donors (Lipinski definition) is 1. The molecule has 2 nitrogen and oxygen atoms in total. The van der Waals surface area contributed by atoms with E-state index in [-0.39, 0.29) is 12.3 Å². The number of hydrogen-bond acceptors (Lipinski definition) is 2. The van der Waals surface area contributed by atoms with Gasteiger partial charge in [0.15, 0.2) is 0 Å². The van der Waals surface area contributed by atoms with Crippen molar-refractivity contribution in [1.29, 1.82) is 0 Å². The fourth-order valence-electron chi connectivity index (χ4n) is 1.69. The van der Waals surface area contributed by atoms with E-state index in [0.29, 0.717) is 12.1 Å². The molecule has 112 valence electrons. The zero-order chi connectivity index (χ0) is 15.5. The summed E-state index contributed by atoms with van der Waals surface area (Å²) < 4.78 is 38.2. The molecule has 0 radical (unpaired) electrons. The Hall–Kier alpha value is -1.34. The first kappa shape index (κ1) is 16.0. The van der Waals surface area contributed by atoms with Crippen molar-refractivity contribution in [2.75, 3.05) is 0 Å². The molecular formula is C14H11BrF3NOS. The van der Waals surface area contributed by atoms with Crippen LogP contribution in [-0.4, -0.2) is 5.91 Å². The van der Waals surface area contributed by atoms with Gasteiger partial charge >= 0.3 is 6.18 Å². The Kier molecular flexibility index (Phi) is 5.05. The molecule has 1 aromatic heterocycles. The minimum atomic E-state index is -4.35. The van der Waals surface area contributed by atoms with Gasteiger partial charge in [0.2, 0.25) is 5.91 Å². The van der Waals surface area contributed by atoms with Gasteiger partial charge in [-0.05, 0) is 39.7 Å². The van der Waals surface area contributed by atoms with Crippen LogP contribution < -0.4 is 5.32 Å². The molecule has 0 spiro atoms. The summed E-state index contributed by atoms with van der Waals surface area (Å²) in [6, 6.07) is 6.52. The van der Waals surface area contributed by atoms with Gasteiger partial charge in [0, 0.05) is 14.7 Å². The molecule has 2 rings (SSSR count). The number of carbonyl (C=O) groups excluding carboxylic acids is 1. The summed E-state index contributed by atoms with van der Waals surface area (Å²) >= 11 is 4.84. The van der Waals surface area contributed by atoms with Crippen LogP contribution in [0.25, 0.3) is 0 Å². The third kappa shape index (κ3) is 4.86. The molecule has 1 N–H and O–H groups in total. The highest BCUT2D eigenvalue weighted by Crippen LogP contribution is 2.29. The highest BCUT2D eigenvalue weighted by molar-refractivity contribution is 9.10. The average molecular weight is 378 g/mol. The van der Waals surface area contributed by atoms with Crippen molar-refractivity contribution in [2.45, 2.75) is 19.1 Å². The summed E-state index contributed by atoms with van der Waals surface area (Å²) in [5.41, 5.74) is -0.164. The lowest BCUT2D eigenvalue weighted by atomic mass is 10.1. The van der Waals surface area contributed by atoms with Gasteiger partial charge in [0.1, 0.15) is 0 Å². The topological polar surface area (TPSA) is 29.1 Å². The van der Waals surface area contributed by atoms with Crippen LogP contribution in [0.2, 0.25) is 0 Å². The van der Waals surface area contributed by atoms with Crippen LogP contribution in [0.3, 0.4) is 0 Å². The minimum absolute atomic E-state index is 0.0602. The molecule has 1 aromatic carbocycles. The quantitative estimate of drug-likeness (QED) is 0.840. The maximum atomic E-state index is 12.4. The van der Waals surface area contributed by atoms with Crippen molar-refractivity contribution >= 4 is 33.2 Å². The Labute approximate surface area is 132 Å². The zero-order valence-electron chi connectivity index (χ0n) is 10.7. The molecule has 0 atom stereocenters. The van der Waals surface area contributed by atoms with Crippen molar-refractivity contribution in [3.8, 4) is 0 Å². The van der Waals surface area contributed by atoms with Crippen molar-refractivity contribution in [2.24, 2.45) is 0 Å². The highest BCUT2D eigenvalue weighted by atomic mass is 79.9. The molecule has 0 aliphatic heterocycles. The molecule has 0 saturated heterocycles. The van der Waals surface area contributed by atoms with Crippen LogP contribution >= 0.6 is 27.3 Å². The predicted octanol–water partition coefficient (Wildman–Crippen LogP) is 4.39. The van der Waals surface area contributed by atoms with Gasteiger partial charge < -0.3 is 5.32 Å². The molecule has 0 fully saturated rings. The molecule has 1 amide bonds. The number of halogens is 4. The normalized spacial score (nSPS) is 11.4. The largest absolute Gasteiger partial charge is 0.416 e. The number of benzene rings is 1. The van der Waals surface area contributed by atoms with E-state index in [1.807, 2.05) is 11.4 Å². The van der Waals surface area contributed by atoms with E-state index >= 15 is 0 Å². The van der Waals surface area contributed by atoms with Gasteiger partial charge in [-0.1, -0.05) is 12.1 Å². The summed E-state index contributed by atoms with van der Waals surface area (Å²) in [5.74, 6) is -0.223. The van der Waals surface area contributed by atoms with Gasteiger partial charge in [-0.25, -0.2) is 0 Å². The third-order valence-corrected chi connectivity index (χ3v) is 4.43. The van der Waals surface area contributed by atoms with E-state index in [2.05, 4.69) is 21.2 Å². The van der Waals surface area contributed by atoms with Crippen molar-refractivity contribution < 1.29 is 18.0 Å². The molecule has 2 aromatic rings.